The summed E-state index contributed by atoms with van der Waals surface area (Å²) in [5, 5.41) is 4.41. The van der Waals surface area contributed by atoms with E-state index in [4.69, 9.17) is 10.2 Å². The highest BCUT2D eigenvalue weighted by atomic mass is 16.3. The maximum absolute atomic E-state index is 6.17. The topological polar surface area (TPSA) is 82.2 Å². The predicted molar refractivity (Wildman–Crippen MR) is 92.4 cm³/mol. The van der Waals surface area contributed by atoms with Gasteiger partial charge in [0.2, 0.25) is 5.82 Å². The molecule has 6 heteroatoms. The predicted octanol–water partition coefficient (Wildman–Crippen LogP) is 3.76. The lowest BCUT2D eigenvalue weighted by Gasteiger charge is -2.08. The second-order valence-electron chi connectivity index (χ2n) is 5.98. The van der Waals surface area contributed by atoms with Crippen molar-refractivity contribution in [3.63, 3.8) is 0 Å². The van der Waals surface area contributed by atoms with Crippen LogP contribution in [0, 0.1) is 0 Å². The third-order valence-corrected chi connectivity index (χ3v) is 3.91. The van der Waals surface area contributed by atoms with Crippen molar-refractivity contribution in [2.75, 3.05) is 5.73 Å². The van der Waals surface area contributed by atoms with Gasteiger partial charge >= 0.3 is 0 Å². The number of fused-ring (bicyclic) bond motifs is 1. The number of aromatic nitrogens is 4. The number of anilines is 1. The smallest absolute Gasteiger partial charge is 0.217 e. The molecule has 0 amide bonds. The second-order valence-corrected chi connectivity index (χ2v) is 5.98. The summed E-state index contributed by atoms with van der Waals surface area (Å²) in [6.45, 7) is 4.25. The number of nitrogen functional groups attached to an aromatic ring is 1. The first-order chi connectivity index (χ1) is 11.6. The van der Waals surface area contributed by atoms with Crippen molar-refractivity contribution in [2.45, 2.75) is 19.8 Å². The third kappa shape index (κ3) is 2.42. The van der Waals surface area contributed by atoms with Crippen LogP contribution in [0.3, 0.4) is 0 Å². The SMILES string of the molecule is CC(C)c1cc(-c2cc(N)n3nc(-c4ccco4)nc3c2)ccn1. The van der Waals surface area contributed by atoms with E-state index >= 15 is 0 Å². The van der Waals surface area contributed by atoms with E-state index in [1.165, 1.54) is 0 Å². The van der Waals surface area contributed by atoms with E-state index in [9.17, 15) is 0 Å². The zero-order chi connectivity index (χ0) is 16.7. The summed E-state index contributed by atoms with van der Waals surface area (Å²) in [6.07, 6.45) is 3.42. The van der Waals surface area contributed by atoms with E-state index in [2.05, 4.69) is 35.0 Å². The van der Waals surface area contributed by atoms with E-state index in [1.807, 2.05) is 30.5 Å². The Morgan fingerprint density at radius 2 is 2.00 bits per heavy atom. The van der Waals surface area contributed by atoms with Gasteiger partial charge in [0.25, 0.3) is 0 Å². The standard InChI is InChI=1S/C18H17N5O/c1-11(2)14-8-12(5-6-20-14)13-9-16(19)23-17(10-13)21-18(22-23)15-4-3-7-24-15/h3-11H,19H2,1-2H3. The third-order valence-electron chi connectivity index (χ3n) is 3.91. The average molecular weight is 319 g/mol. The summed E-state index contributed by atoms with van der Waals surface area (Å²) < 4.78 is 6.98. The molecule has 0 bridgehead atoms. The van der Waals surface area contributed by atoms with Gasteiger partial charge in [-0.3, -0.25) is 4.98 Å². The molecule has 0 radical (unpaired) electrons. The van der Waals surface area contributed by atoms with Crippen LogP contribution in [0.25, 0.3) is 28.4 Å². The van der Waals surface area contributed by atoms with E-state index in [-0.39, 0.29) is 0 Å². The molecule has 0 spiro atoms. The molecule has 0 aliphatic heterocycles. The lowest BCUT2D eigenvalue weighted by molar-refractivity contribution is 0.577. The molecule has 4 rings (SSSR count). The highest BCUT2D eigenvalue weighted by Crippen LogP contribution is 2.27. The van der Waals surface area contributed by atoms with Crippen LogP contribution < -0.4 is 5.73 Å². The fourth-order valence-electron chi connectivity index (χ4n) is 2.63. The molecule has 0 aromatic carbocycles. The quantitative estimate of drug-likeness (QED) is 0.622. The van der Waals surface area contributed by atoms with Gasteiger partial charge in [-0.05, 0) is 53.4 Å². The molecule has 120 valence electrons. The molecule has 0 saturated heterocycles. The number of nitrogens with two attached hydrogens (primary N) is 1. The molecule has 0 fully saturated rings. The molecule has 4 aromatic heterocycles. The van der Waals surface area contributed by atoms with Gasteiger partial charge in [-0.15, -0.1) is 5.10 Å². The fraction of sp³-hybridized carbons (Fsp3) is 0.167. The molecule has 6 nitrogen and oxygen atoms in total. The summed E-state index contributed by atoms with van der Waals surface area (Å²) >= 11 is 0. The maximum atomic E-state index is 6.17. The van der Waals surface area contributed by atoms with Crippen molar-refractivity contribution in [3.8, 4) is 22.7 Å². The van der Waals surface area contributed by atoms with Gasteiger partial charge < -0.3 is 10.2 Å². The molecule has 4 aromatic rings. The maximum Gasteiger partial charge on any atom is 0.217 e. The highest BCUT2D eigenvalue weighted by Gasteiger charge is 2.13. The molecule has 4 heterocycles. The Bertz CT molecular complexity index is 1000. The van der Waals surface area contributed by atoms with Crippen molar-refractivity contribution in [3.05, 3.63) is 54.6 Å². The molecule has 0 aliphatic carbocycles. The first-order valence-electron chi connectivity index (χ1n) is 7.78. The van der Waals surface area contributed by atoms with Crippen LogP contribution in [0.1, 0.15) is 25.5 Å². The summed E-state index contributed by atoms with van der Waals surface area (Å²) in [5.74, 6) is 2.02. The van der Waals surface area contributed by atoms with Gasteiger partial charge in [0.15, 0.2) is 11.4 Å². The van der Waals surface area contributed by atoms with Gasteiger partial charge in [-0.25, -0.2) is 4.98 Å². The molecular weight excluding hydrogens is 302 g/mol. The number of pyridine rings is 2. The Hall–Kier alpha value is -3.15. The van der Waals surface area contributed by atoms with Crippen LogP contribution in [-0.2, 0) is 0 Å². The lowest BCUT2D eigenvalue weighted by Crippen LogP contribution is -1.99. The van der Waals surface area contributed by atoms with Crippen LogP contribution in [0.4, 0.5) is 5.82 Å². The van der Waals surface area contributed by atoms with Gasteiger partial charge in [0.05, 0.1) is 6.26 Å². The first kappa shape index (κ1) is 14.4. The van der Waals surface area contributed by atoms with Crippen molar-refractivity contribution in [1.82, 2.24) is 19.6 Å². The average Bonchev–Trinajstić information content (AvgIpc) is 3.24. The van der Waals surface area contributed by atoms with Crippen LogP contribution >= 0.6 is 0 Å². The van der Waals surface area contributed by atoms with Crippen molar-refractivity contribution in [2.24, 2.45) is 0 Å². The molecule has 0 saturated carbocycles. The minimum atomic E-state index is 0.365. The second kappa shape index (κ2) is 5.49. The highest BCUT2D eigenvalue weighted by molar-refractivity contribution is 5.72. The van der Waals surface area contributed by atoms with Gasteiger partial charge in [-0.2, -0.15) is 4.52 Å². The number of hydrogen-bond donors (Lipinski definition) is 1. The van der Waals surface area contributed by atoms with Crippen molar-refractivity contribution >= 4 is 11.5 Å². The Labute approximate surface area is 139 Å². The molecule has 2 N–H and O–H groups in total. The molecular formula is C18H17N5O. The van der Waals surface area contributed by atoms with Crippen LogP contribution in [0.2, 0.25) is 0 Å². The Morgan fingerprint density at radius 1 is 1.12 bits per heavy atom. The van der Waals surface area contributed by atoms with E-state index in [0.29, 0.717) is 29.0 Å². The number of nitrogens with zero attached hydrogens (tertiary/aromatic N) is 4. The first-order valence-corrected chi connectivity index (χ1v) is 7.78. The molecule has 0 atom stereocenters. The largest absolute Gasteiger partial charge is 0.461 e. The zero-order valence-electron chi connectivity index (χ0n) is 13.5. The summed E-state index contributed by atoms with van der Waals surface area (Å²) in [7, 11) is 0. The number of furan rings is 1. The summed E-state index contributed by atoms with van der Waals surface area (Å²) in [6, 6.07) is 11.5. The lowest BCUT2D eigenvalue weighted by atomic mass is 10.0. The number of rotatable bonds is 3. The van der Waals surface area contributed by atoms with Crippen LogP contribution in [0.5, 0.6) is 0 Å². The summed E-state index contributed by atoms with van der Waals surface area (Å²) in [4.78, 5) is 8.93. The Kier molecular flexibility index (Phi) is 3.30. The van der Waals surface area contributed by atoms with Crippen LogP contribution in [0.15, 0.2) is 53.3 Å². The molecule has 0 aliphatic rings. The fourth-order valence-corrected chi connectivity index (χ4v) is 2.63. The normalized spacial score (nSPS) is 11.5. The van der Waals surface area contributed by atoms with Gasteiger partial charge in [0, 0.05) is 11.9 Å². The van der Waals surface area contributed by atoms with Gasteiger partial charge in [-0.1, -0.05) is 13.8 Å². The van der Waals surface area contributed by atoms with Crippen LogP contribution in [-0.4, -0.2) is 19.6 Å². The van der Waals surface area contributed by atoms with E-state index < -0.39 is 0 Å². The van der Waals surface area contributed by atoms with Crippen molar-refractivity contribution < 1.29 is 4.42 Å². The Balaban J connectivity index is 1.84. The van der Waals surface area contributed by atoms with E-state index in [0.717, 1.165) is 16.8 Å². The summed E-state index contributed by atoms with van der Waals surface area (Å²) in [5.41, 5.74) is 9.95. The zero-order valence-corrected chi connectivity index (χ0v) is 13.5. The minimum Gasteiger partial charge on any atom is -0.461 e. The van der Waals surface area contributed by atoms with E-state index in [1.54, 1.807) is 16.8 Å². The van der Waals surface area contributed by atoms with Crippen molar-refractivity contribution in [1.29, 1.82) is 0 Å². The molecule has 24 heavy (non-hydrogen) atoms. The van der Waals surface area contributed by atoms with Gasteiger partial charge in [0.1, 0.15) is 5.82 Å². The molecule has 0 unspecified atom stereocenters. The minimum absolute atomic E-state index is 0.365. The Morgan fingerprint density at radius 3 is 2.75 bits per heavy atom. The monoisotopic (exact) mass is 319 g/mol. The number of hydrogen-bond acceptors (Lipinski definition) is 5.